The maximum absolute atomic E-state index is 12.5. The van der Waals surface area contributed by atoms with E-state index < -0.39 is 40.1 Å². The van der Waals surface area contributed by atoms with Gasteiger partial charge >= 0.3 is 0 Å². The smallest absolute Gasteiger partial charge is 0.258 e. The lowest BCUT2D eigenvalue weighted by molar-refractivity contribution is -0.156. The highest BCUT2D eigenvalue weighted by atomic mass is 35.6. The van der Waals surface area contributed by atoms with Crippen LogP contribution in [0.4, 0.5) is 0 Å². The van der Waals surface area contributed by atoms with Crippen molar-refractivity contribution in [3.63, 3.8) is 0 Å². The Morgan fingerprint density at radius 1 is 1.31 bits per heavy atom. The Morgan fingerprint density at radius 3 is 2.46 bits per heavy atom. The molecule has 1 rings (SSSR count). The van der Waals surface area contributed by atoms with E-state index in [2.05, 4.69) is 10.7 Å². The quantitative estimate of drug-likeness (QED) is 0.347. The number of aliphatic hydroxyl groups is 2. The Morgan fingerprint density at radius 2 is 1.92 bits per heavy atom. The molecule has 4 unspecified atom stereocenters. The van der Waals surface area contributed by atoms with Crippen LogP contribution in [-0.4, -0.2) is 68.5 Å². The minimum Gasteiger partial charge on any atom is -0.383 e. The largest absolute Gasteiger partial charge is 0.383 e. The van der Waals surface area contributed by atoms with Gasteiger partial charge in [0.2, 0.25) is 9.70 Å². The van der Waals surface area contributed by atoms with Crippen LogP contribution in [0.5, 0.6) is 0 Å². The normalized spacial score (nSPS) is 22.0. The lowest BCUT2D eigenvalue weighted by atomic mass is 10.1. The minimum atomic E-state index is -1.65. The van der Waals surface area contributed by atoms with Gasteiger partial charge in [-0.1, -0.05) is 48.7 Å². The van der Waals surface area contributed by atoms with E-state index in [1.165, 1.54) is 11.9 Å². The maximum atomic E-state index is 12.5. The molecule has 26 heavy (non-hydrogen) atoms. The van der Waals surface area contributed by atoms with Gasteiger partial charge in [0.25, 0.3) is 5.91 Å². The summed E-state index contributed by atoms with van der Waals surface area (Å²) in [5.41, 5.74) is 2.86. The van der Waals surface area contributed by atoms with Crippen LogP contribution in [0, 0.1) is 5.92 Å². The monoisotopic (exact) mass is 433 g/mol. The highest BCUT2D eigenvalue weighted by molar-refractivity contribution is 6.67. The third kappa shape index (κ3) is 7.72. The Balaban J connectivity index is 2.57. The first kappa shape index (κ1) is 23.7. The molecule has 4 atom stereocenters. The van der Waals surface area contributed by atoms with Crippen LogP contribution in [0.2, 0.25) is 0 Å². The predicted molar refractivity (Wildman–Crippen MR) is 98.6 cm³/mol. The molecule has 2 amide bonds. The average molecular weight is 435 g/mol. The lowest BCUT2D eigenvalue weighted by Crippen LogP contribution is -2.60. The standard InChI is InChI=1S/C15H26Cl3N3O5/c1-8(2)11(22)12(23)19-9(3)13(24)21-6-4-5-10(20-21)14(25)26-7-15(16,17)18/h8-11,14,20,22,25H,4-7H2,1-3H3,(H,19,23). The molecule has 0 aromatic carbocycles. The molecular weight excluding hydrogens is 409 g/mol. The summed E-state index contributed by atoms with van der Waals surface area (Å²) in [6.45, 7) is 5.02. The van der Waals surface area contributed by atoms with E-state index >= 15 is 0 Å². The SMILES string of the molecule is CC(NC(=O)C(O)C(C)C)C(=O)N1CCCC(C(O)OCC(Cl)(Cl)Cl)N1. The number of nitrogens with zero attached hydrogens (tertiary/aromatic N) is 1. The first-order valence-electron chi connectivity index (χ1n) is 8.34. The molecule has 1 saturated heterocycles. The van der Waals surface area contributed by atoms with E-state index in [1.807, 2.05) is 0 Å². The molecule has 1 heterocycles. The first-order chi connectivity index (χ1) is 11.9. The topological polar surface area (TPSA) is 111 Å². The molecule has 4 N–H and O–H groups in total. The van der Waals surface area contributed by atoms with Crippen LogP contribution in [0.15, 0.2) is 0 Å². The number of alkyl halides is 3. The summed E-state index contributed by atoms with van der Waals surface area (Å²) in [5, 5.41) is 23.6. The molecule has 0 aromatic heterocycles. The summed E-state index contributed by atoms with van der Waals surface area (Å²) in [7, 11) is 0. The van der Waals surface area contributed by atoms with Crippen LogP contribution < -0.4 is 10.7 Å². The summed E-state index contributed by atoms with van der Waals surface area (Å²) in [6, 6.07) is -1.41. The number of hydrogen-bond donors (Lipinski definition) is 4. The van der Waals surface area contributed by atoms with E-state index in [0.29, 0.717) is 19.4 Å². The third-order valence-corrected chi connectivity index (χ3v) is 4.20. The molecule has 0 radical (unpaired) electrons. The third-order valence-electron chi connectivity index (χ3n) is 3.88. The Hall–Kier alpha value is -0.350. The van der Waals surface area contributed by atoms with Crippen molar-refractivity contribution in [2.75, 3.05) is 13.2 Å². The number of halogens is 3. The molecule has 152 valence electrons. The summed E-state index contributed by atoms with van der Waals surface area (Å²) in [5.74, 6) is -1.27. The van der Waals surface area contributed by atoms with Gasteiger partial charge in [-0.25, -0.2) is 5.43 Å². The van der Waals surface area contributed by atoms with Crippen molar-refractivity contribution in [3.8, 4) is 0 Å². The van der Waals surface area contributed by atoms with Crippen LogP contribution in [-0.2, 0) is 14.3 Å². The number of rotatable bonds is 7. The Labute approximate surface area is 168 Å². The summed E-state index contributed by atoms with van der Waals surface area (Å²) in [6.07, 6.45) is -1.29. The van der Waals surface area contributed by atoms with Crippen LogP contribution in [0.3, 0.4) is 0 Å². The van der Waals surface area contributed by atoms with Crippen LogP contribution in [0.1, 0.15) is 33.6 Å². The fraction of sp³-hybridized carbons (Fsp3) is 0.867. The van der Waals surface area contributed by atoms with E-state index in [1.54, 1.807) is 13.8 Å². The highest BCUT2D eigenvalue weighted by Gasteiger charge is 2.33. The zero-order valence-corrected chi connectivity index (χ0v) is 17.2. The molecule has 11 heteroatoms. The van der Waals surface area contributed by atoms with E-state index in [9.17, 15) is 19.8 Å². The van der Waals surface area contributed by atoms with Gasteiger partial charge in [-0.2, -0.15) is 0 Å². The van der Waals surface area contributed by atoms with E-state index in [-0.39, 0.29) is 12.5 Å². The van der Waals surface area contributed by atoms with Crippen molar-refractivity contribution < 1.29 is 24.5 Å². The van der Waals surface area contributed by atoms with Crippen molar-refractivity contribution in [1.29, 1.82) is 0 Å². The molecule has 0 spiro atoms. The number of amides is 2. The lowest BCUT2D eigenvalue weighted by Gasteiger charge is -2.37. The molecule has 8 nitrogen and oxygen atoms in total. The Bertz CT molecular complexity index is 490. The van der Waals surface area contributed by atoms with E-state index in [0.717, 1.165) is 0 Å². The molecular formula is C15H26Cl3N3O5. The van der Waals surface area contributed by atoms with Gasteiger partial charge in [0, 0.05) is 6.54 Å². The van der Waals surface area contributed by atoms with Crippen LogP contribution in [0.25, 0.3) is 0 Å². The number of hydrazine groups is 1. The van der Waals surface area contributed by atoms with Crippen molar-refractivity contribution in [3.05, 3.63) is 0 Å². The molecule has 1 aliphatic rings. The predicted octanol–water partition coefficient (Wildman–Crippen LogP) is 0.709. The molecule has 0 bridgehead atoms. The number of hydrogen-bond acceptors (Lipinski definition) is 6. The number of carbonyl (C=O) groups is 2. The van der Waals surface area contributed by atoms with Gasteiger partial charge in [0.05, 0.1) is 12.6 Å². The maximum Gasteiger partial charge on any atom is 0.258 e. The molecule has 1 fully saturated rings. The number of ether oxygens (including phenoxy) is 1. The van der Waals surface area contributed by atoms with Crippen LogP contribution >= 0.6 is 34.8 Å². The fourth-order valence-corrected chi connectivity index (χ4v) is 2.56. The van der Waals surface area contributed by atoms with Gasteiger partial charge in [0.1, 0.15) is 12.1 Å². The van der Waals surface area contributed by atoms with Gasteiger partial charge in [-0.05, 0) is 25.7 Å². The van der Waals surface area contributed by atoms with Crippen molar-refractivity contribution >= 4 is 46.6 Å². The van der Waals surface area contributed by atoms with Gasteiger partial charge < -0.3 is 20.3 Å². The van der Waals surface area contributed by atoms with Gasteiger partial charge in [0.15, 0.2) is 6.29 Å². The minimum absolute atomic E-state index is 0.264. The molecule has 0 aliphatic carbocycles. The second-order valence-corrected chi connectivity index (χ2v) is 9.12. The number of aliphatic hydroxyl groups excluding tert-OH is 2. The highest BCUT2D eigenvalue weighted by Crippen LogP contribution is 2.27. The average Bonchev–Trinajstić information content (AvgIpc) is 2.57. The van der Waals surface area contributed by atoms with Gasteiger partial charge in [-0.3, -0.25) is 14.6 Å². The molecule has 0 saturated carbocycles. The zero-order chi connectivity index (χ0) is 20.1. The fourth-order valence-electron chi connectivity index (χ4n) is 2.37. The summed E-state index contributed by atoms with van der Waals surface area (Å²) >= 11 is 16.7. The number of nitrogens with one attached hydrogen (secondary N) is 2. The van der Waals surface area contributed by atoms with Crippen molar-refractivity contribution in [2.24, 2.45) is 5.92 Å². The number of carbonyl (C=O) groups excluding carboxylic acids is 2. The molecule has 0 aromatic rings. The van der Waals surface area contributed by atoms with Crippen molar-refractivity contribution in [1.82, 2.24) is 15.8 Å². The second-order valence-electron chi connectivity index (χ2n) is 6.60. The van der Waals surface area contributed by atoms with Crippen molar-refractivity contribution in [2.45, 2.75) is 61.9 Å². The van der Waals surface area contributed by atoms with Gasteiger partial charge in [-0.15, -0.1) is 0 Å². The van der Waals surface area contributed by atoms with E-state index in [4.69, 9.17) is 39.5 Å². The summed E-state index contributed by atoms with van der Waals surface area (Å²) in [4.78, 5) is 24.4. The summed E-state index contributed by atoms with van der Waals surface area (Å²) < 4.78 is 3.46. The Kier molecular flexibility index (Phi) is 9.35. The second kappa shape index (κ2) is 10.3. The first-order valence-corrected chi connectivity index (χ1v) is 9.48. The zero-order valence-electron chi connectivity index (χ0n) is 14.9. The molecule has 1 aliphatic heterocycles.